The van der Waals surface area contributed by atoms with Gasteiger partial charge in [0, 0.05) is 0 Å². The van der Waals surface area contributed by atoms with Gasteiger partial charge in [0.1, 0.15) is 0 Å². The Morgan fingerprint density at radius 1 is 1.65 bits per heavy atom. The molecule has 1 unspecified atom stereocenters. The van der Waals surface area contributed by atoms with Crippen molar-refractivity contribution in [1.82, 2.24) is 20.2 Å². The summed E-state index contributed by atoms with van der Waals surface area (Å²) in [5.41, 5.74) is -1.19. The molecule has 0 aliphatic rings. The second-order valence-corrected chi connectivity index (χ2v) is 3.82. The summed E-state index contributed by atoms with van der Waals surface area (Å²) in [6.07, 6.45) is 1.85. The average molecular weight is 236 g/mol. The molecule has 90 valence electrons. The van der Waals surface area contributed by atoms with Crippen molar-refractivity contribution in [2.45, 2.75) is 25.8 Å². The van der Waals surface area contributed by atoms with Gasteiger partial charge in [0.2, 0.25) is 5.82 Å². The summed E-state index contributed by atoms with van der Waals surface area (Å²) in [5, 5.41) is 20.3. The molecule has 0 aliphatic carbocycles. The fourth-order valence-electron chi connectivity index (χ4n) is 1.47. The van der Waals surface area contributed by atoms with Crippen LogP contribution in [0.4, 0.5) is 0 Å². The maximum atomic E-state index is 11.3. The molecule has 2 rings (SSSR count). The molecule has 0 saturated carbocycles. The standard InChI is InChI=1S/C10H12N4O3/c1-3-10(2,9(15)16)14-8(11-12-13-14)7-5-4-6-17-7/h4-6H,3H2,1-2H3,(H,15,16). The van der Waals surface area contributed by atoms with Crippen molar-refractivity contribution in [1.29, 1.82) is 0 Å². The van der Waals surface area contributed by atoms with Crippen molar-refractivity contribution in [3.63, 3.8) is 0 Å². The van der Waals surface area contributed by atoms with Crippen LogP contribution in [-0.2, 0) is 10.3 Å². The first kappa shape index (κ1) is 11.3. The van der Waals surface area contributed by atoms with E-state index in [-0.39, 0.29) is 0 Å². The molecule has 2 heterocycles. The predicted octanol–water partition coefficient (Wildman–Crippen LogP) is 1.14. The van der Waals surface area contributed by atoms with E-state index < -0.39 is 11.5 Å². The van der Waals surface area contributed by atoms with Gasteiger partial charge in [-0.25, -0.2) is 9.48 Å². The summed E-state index contributed by atoms with van der Waals surface area (Å²) in [6.45, 7) is 3.33. The van der Waals surface area contributed by atoms with E-state index in [9.17, 15) is 9.90 Å². The Labute approximate surface area is 97.0 Å². The Hall–Kier alpha value is -2.18. The van der Waals surface area contributed by atoms with Crippen molar-refractivity contribution in [2.75, 3.05) is 0 Å². The zero-order valence-electron chi connectivity index (χ0n) is 9.49. The van der Waals surface area contributed by atoms with Crippen molar-refractivity contribution in [2.24, 2.45) is 0 Å². The van der Waals surface area contributed by atoms with Gasteiger partial charge >= 0.3 is 5.97 Å². The minimum Gasteiger partial charge on any atom is -0.479 e. The number of carboxylic acids is 1. The summed E-state index contributed by atoms with van der Waals surface area (Å²) >= 11 is 0. The number of aliphatic carboxylic acids is 1. The second kappa shape index (κ2) is 4.00. The van der Waals surface area contributed by atoms with Gasteiger partial charge in [-0.1, -0.05) is 6.92 Å². The van der Waals surface area contributed by atoms with Crippen LogP contribution in [0.1, 0.15) is 20.3 Å². The van der Waals surface area contributed by atoms with Crippen LogP contribution >= 0.6 is 0 Å². The molecule has 2 aromatic rings. The molecule has 0 bridgehead atoms. The minimum atomic E-state index is -1.19. The first-order valence-electron chi connectivity index (χ1n) is 5.15. The molecule has 7 nitrogen and oxygen atoms in total. The number of aromatic nitrogens is 4. The molecule has 1 atom stereocenters. The maximum Gasteiger partial charge on any atom is 0.331 e. The van der Waals surface area contributed by atoms with Gasteiger partial charge in [-0.05, 0) is 35.9 Å². The highest BCUT2D eigenvalue weighted by Gasteiger charge is 2.37. The highest BCUT2D eigenvalue weighted by Crippen LogP contribution is 2.26. The molecule has 0 radical (unpaired) electrons. The van der Waals surface area contributed by atoms with Crippen LogP contribution in [0.2, 0.25) is 0 Å². The van der Waals surface area contributed by atoms with Crippen molar-refractivity contribution >= 4 is 5.97 Å². The van der Waals surface area contributed by atoms with Crippen LogP contribution in [0.15, 0.2) is 22.8 Å². The number of furan rings is 1. The third-order valence-electron chi connectivity index (χ3n) is 2.83. The van der Waals surface area contributed by atoms with E-state index in [1.807, 2.05) is 0 Å². The van der Waals surface area contributed by atoms with Crippen LogP contribution < -0.4 is 0 Å². The van der Waals surface area contributed by atoms with E-state index in [4.69, 9.17) is 4.42 Å². The fourth-order valence-corrected chi connectivity index (χ4v) is 1.47. The van der Waals surface area contributed by atoms with Gasteiger partial charge in [0.25, 0.3) is 0 Å². The lowest BCUT2D eigenvalue weighted by Crippen LogP contribution is -2.39. The van der Waals surface area contributed by atoms with Crippen molar-refractivity contribution in [3.8, 4) is 11.6 Å². The van der Waals surface area contributed by atoms with Crippen LogP contribution in [0.5, 0.6) is 0 Å². The van der Waals surface area contributed by atoms with Crippen LogP contribution in [0, 0.1) is 0 Å². The van der Waals surface area contributed by atoms with Crippen LogP contribution in [0.3, 0.4) is 0 Å². The molecule has 1 N–H and O–H groups in total. The number of hydrogen-bond acceptors (Lipinski definition) is 5. The maximum absolute atomic E-state index is 11.3. The number of hydrogen-bond donors (Lipinski definition) is 1. The van der Waals surface area contributed by atoms with E-state index >= 15 is 0 Å². The van der Waals surface area contributed by atoms with E-state index in [1.165, 1.54) is 10.9 Å². The molecule has 0 amide bonds. The van der Waals surface area contributed by atoms with Gasteiger partial charge in [-0.3, -0.25) is 0 Å². The number of tetrazole rings is 1. The molecule has 0 saturated heterocycles. The first-order chi connectivity index (χ1) is 8.09. The Bertz CT molecular complexity index is 519. The SMILES string of the molecule is CCC(C)(C(=O)O)n1nnnc1-c1ccco1. The van der Waals surface area contributed by atoms with E-state index in [2.05, 4.69) is 15.5 Å². The lowest BCUT2D eigenvalue weighted by Gasteiger charge is -2.23. The van der Waals surface area contributed by atoms with Gasteiger partial charge in [0.05, 0.1) is 6.26 Å². The van der Waals surface area contributed by atoms with Crippen LogP contribution in [-0.4, -0.2) is 31.3 Å². The van der Waals surface area contributed by atoms with Gasteiger partial charge < -0.3 is 9.52 Å². The molecular formula is C10H12N4O3. The zero-order chi connectivity index (χ0) is 12.5. The molecule has 0 aromatic carbocycles. The number of carboxylic acid groups (broad SMARTS) is 1. The van der Waals surface area contributed by atoms with E-state index in [0.29, 0.717) is 18.0 Å². The van der Waals surface area contributed by atoms with Gasteiger partial charge in [0.15, 0.2) is 11.3 Å². The quantitative estimate of drug-likeness (QED) is 0.855. The summed E-state index contributed by atoms with van der Waals surface area (Å²) in [7, 11) is 0. The molecule has 0 fully saturated rings. The lowest BCUT2D eigenvalue weighted by molar-refractivity contribution is -0.147. The predicted molar refractivity (Wildman–Crippen MR) is 57.1 cm³/mol. The summed E-state index contributed by atoms with van der Waals surface area (Å²) in [4.78, 5) is 11.3. The fraction of sp³-hybridized carbons (Fsp3) is 0.400. The molecular weight excluding hydrogens is 224 g/mol. The molecule has 17 heavy (non-hydrogen) atoms. The average Bonchev–Trinajstić information content (AvgIpc) is 2.97. The van der Waals surface area contributed by atoms with Gasteiger partial charge in [-0.2, -0.15) is 0 Å². The molecule has 0 aliphatic heterocycles. The molecule has 0 spiro atoms. The Morgan fingerprint density at radius 2 is 2.41 bits per heavy atom. The highest BCUT2D eigenvalue weighted by atomic mass is 16.4. The Kier molecular flexibility index (Phi) is 2.66. The van der Waals surface area contributed by atoms with Gasteiger partial charge in [-0.15, -0.1) is 5.10 Å². The normalized spacial score (nSPS) is 14.5. The zero-order valence-corrected chi connectivity index (χ0v) is 9.49. The largest absolute Gasteiger partial charge is 0.479 e. The van der Waals surface area contributed by atoms with Crippen molar-refractivity contribution in [3.05, 3.63) is 18.4 Å². The third-order valence-corrected chi connectivity index (χ3v) is 2.83. The first-order valence-corrected chi connectivity index (χ1v) is 5.15. The Morgan fingerprint density at radius 3 is 2.94 bits per heavy atom. The van der Waals surface area contributed by atoms with Crippen LogP contribution in [0.25, 0.3) is 11.6 Å². The number of carbonyl (C=O) groups is 1. The monoisotopic (exact) mass is 236 g/mol. The summed E-state index contributed by atoms with van der Waals surface area (Å²) in [5.74, 6) is -0.238. The number of nitrogens with zero attached hydrogens (tertiary/aromatic N) is 4. The lowest BCUT2D eigenvalue weighted by atomic mass is 9.99. The highest BCUT2D eigenvalue weighted by molar-refractivity contribution is 5.76. The minimum absolute atomic E-state index is 0.307. The molecule has 7 heteroatoms. The molecule has 2 aromatic heterocycles. The van der Waals surface area contributed by atoms with Crippen molar-refractivity contribution < 1.29 is 14.3 Å². The second-order valence-electron chi connectivity index (χ2n) is 3.82. The Balaban J connectivity index is 2.54. The number of rotatable bonds is 4. The summed E-state index contributed by atoms with van der Waals surface area (Å²) in [6, 6.07) is 3.37. The van der Waals surface area contributed by atoms with E-state index in [1.54, 1.807) is 26.0 Å². The third kappa shape index (κ3) is 1.69. The summed E-state index contributed by atoms with van der Waals surface area (Å²) < 4.78 is 6.45. The van der Waals surface area contributed by atoms with E-state index in [0.717, 1.165) is 0 Å². The topological polar surface area (TPSA) is 94.0 Å². The smallest absolute Gasteiger partial charge is 0.331 e.